The first-order chi connectivity index (χ1) is 18.1. The molecule has 0 aliphatic heterocycles. The number of hydrogen-bond acceptors (Lipinski definition) is 0. The van der Waals surface area contributed by atoms with Crippen LogP contribution in [0.25, 0.3) is 66.4 Å². The van der Waals surface area contributed by atoms with E-state index in [9.17, 15) is 0 Å². The molecule has 0 spiro atoms. The van der Waals surface area contributed by atoms with Gasteiger partial charge in [0.1, 0.15) is 0 Å². The SMILES string of the molecule is CC1(C)c2cc(-c3ccccc3)ccc2-c2ccc(-c3ccc4cccc5c4c3-c3ccccc3-5)cc21. The Morgan fingerprint density at radius 1 is 0.405 bits per heavy atom. The van der Waals surface area contributed by atoms with Gasteiger partial charge in [-0.1, -0.05) is 123 Å². The van der Waals surface area contributed by atoms with Gasteiger partial charge in [0, 0.05) is 5.41 Å². The molecule has 0 bridgehead atoms. The van der Waals surface area contributed by atoms with Gasteiger partial charge >= 0.3 is 0 Å². The fraction of sp³-hybridized carbons (Fsp3) is 0.0811. The summed E-state index contributed by atoms with van der Waals surface area (Å²) in [5.74, 6) is 0. The van der Waals surface area contributed by atoms with E-state index >= 15 is 0 Å². The minimum atomic E-state index is -0.0638. The Bertz CT molecular complexity index is 1890. The van der Waals surface area contributed by atoms with Crippen LogP contribution in [0.1, 0.15) is 25.0 Å². The van der Waals surface area contributed by atoms with Crippen molar-refractivity contribution in [3.63, 3.8) is 0 Å². The molecule has 6 aromatic carbocycles. The molecule has 0 nitrogen and oxygen atoms in total. The van der Waals surface area contributed by atoms with E-state index < -0.39 is 0 Å². The van der Waals surface area contributed by atoms with Gasteiger partial charge in [-0.2, -0.15) is 0 Å². The maximum Gasteiger partial charge on any atom is 0.0159 e. The predicted molar refractivity (Wildman–Crippen MR) is 157 cm³/mol. The van der Waals surface area contributed by atoms with Crippen LogP contribution in [0.2, 0.25) is 0 Å². The number of hydrogen-bond donors (Lipinski definition) is 0. The molecule has 2 aliphatic carbocycles. The van der Waals surface area contributed by atoms with Gasteiger partial charge in [-0.05, 0) is 89.7 Å². The second-order valence-electron chi connectivity index (χ2n) is 10.9. The summed E-state index contributed by atoms with van der Waals surface area (Å²) >= 11 is 0. The molecular formula is C37H26. The van der Waals surface area contributed by atoms with Gasteiger partial charge in [0.05, 0.1) is 0 Å². The van der Waals surface area contributed by atoms with Gasteiger partial charge in [0.25, 0.3) is 0 Å². The smallest absolute Gasteiger partial charge is 0.0159 e. The number of benzene rings is 6. The minimum absolute atomic E-state index is 0.0638. The molecule has 37 heavy (non-hydrogen) atoms. The molecule has 0 heteroatoms. The molecular weight excluding hydrogens is 444 g/mol. The zero-order valence-electron chi connectivity index (χ0n) is 21.0. The Labute approximate surface area is 217 Å². The molecule has 8 rings (SSSR count). The fourth-order valence-corrected chi connectivity index (χ4v) is 6.78. The maximum atomic E-state index is 2.46. The summed E-state index contributed by atoms with van der Waals surface area (Å²) in [5.41, 5.74) is 16.1. The Hall–Kier alpha value is -4.42. The summed E-state index contributed by atoms with van der Waals surface area (Å²) in [6.07, 6.45) is 0. The van der Waals surface area contributed by atoms with Crippen molar-refractivity contribution in [2.75, 3.05) is 0 Å². The van der Waals surface area contributed by atoms with E-state index in [1.54, 1.807) is 0 Å². The van der Waals surface area contributed by atoms with Gasteiger partial charge in [-0.15, -0.1) is 0 Å². The average molecular weight is 471 g/mol. The Balaban J connectivity index is 1.32. The fourth-order valence-electron chi connectivity index (χ4n) is 6.78. The molecule has 0 saturated heterocycles. The molecule has 0 fully saturated rings. The van der Waals surface area contributed by atoms with Crippen molar-refractivity contribution < 1.29 is 0 Å². The molecule has 174 valence electrons. The number of rotatable bonds is 2. The Morgan fingerprint density at radius 3 is 1.81 bits per heavy atom. The first-order valence-electron chi connectivity index (χ1n) is 13.1. The highest BCUT2D eigenvalue weighted by Crippen LogP contribution is 2.54. The van der Waals surface area contributed by atoms with Crippen molar-refractivity contribution >= 4 is 10.8 Å². The molecule has 0 saturated carbocycles. The predicted octanol–water partition coefficient (Wildman–Crippen LogP) is 10.1. The zero-order chi connectivity index (χ0) is 24.7. The lowest BCUT2D eigenvalue weighted by molar-refractivity contribution is 0.661. The topological polar surface area (TPSA) is 0 Å². The Morgan fingerprint density at radius 2 is 1.03 bits per heavy atom. The summed E-state index contributed by atoms with van der Waals surface area (Å²) in [6.45, 7) is 4.76. The van der Waals surface area contributed by atoms with Gasteiger partial charge in [-0.3, -0.25) is 0 Å². The van der Waals surface area contributed by atoms with Crippen molar-refractivity contribution in [2.24, 2.45) is 0 Å². The van der Waals surface area contributed by atoms with Crippen LogP contribution >= 0.6 is 0 Å². The highest BCUT2D eigenvalue weighted by Gasteiger charge is 2.36. The molecule has 0 amide bonds. The monoisotopic (exact) mass is 470 g/mol. The quantitative estimate of drug-likeness (QED) is 0.236. The van der Waals surface area contributed by atoms with Crippen molar-refractivity contribution in [3.8, 4) is 55.6 Å². The van der Waals surface area contributed by atoms with Gasteiger partial charge in [0.2, 0.25) is 0 Å². The van der Waals surface area contributed by atoms with E-state index in [0.29, 0.717) is 0 Å². The first kappa shape index (κ1) is 20.7. The third-order valence-corrected chi connectivity index (χ3v) is 8.63. The lowest BCUT2D eigenvalue weighted by atomic mass is 9.80. The van der Waals surface area contributed by atoms with Crippen LogP contribution in [-0.4, -0.2) is 0 Å². The molecule has 2 aliphatic rings. The zero-order valence-corrected chi connectivity index (χ0v) is 21.0. The normalized spacial score (nSPS) is 13.9. The van der Waals surface area contributed by atoms with E-state index in [4.69, 9.17) is 0 Å². The molecule has 0 unspecified atom stereocenters. The number of fused-ring (bicyclic) bond motifs is 6. The molecule has 0 radical (unpaired) electrons. The van der Waals surface area contributed by atoms with Crippen LogP contribution in [0.5, 0.6) is 0 Å². The molecule has 6 aromatic rings. The van der Waals surface area contributed by atoms with E-state index in [1.807, 2.05) is 0 Å². The first-order valence-corrected chi connectivity index (χ1v) is 13.1. The summed E-state index contributed by atoms with van der Waals surface area (Å²) in [6, 6.07) is 45.0. The third kappa shape index (κ3) is 2.79. The summed E-state index contributed by atoms with van der Waals surface area (Å²) < 4.78 is 0. The van der Waals surface area contributed by atoms with Gasteiger partial charge in [0.15, 0.2) is 0 Å². The van der Waals surface area contributed by atoms with Crippen LogP contribution in [0.4, 0.5) is 0 Å². The van der Waals surface area contributed by atoms with E-state index in [1.165, 1.54) is 77.5 Å². The molecule has 0 heterocycles. The highest BCUT2D eigenvalue weighted by atomic mass is 14.4. The van der Waals surface area contributed by atoms with Gasteiger partial charge < -0.3 is 0 Å². The largest absolute Gasteiger partial charge is 0.0622 e. The summed E-state index contributed by atoms with van der Waals surface area (Å²) in [7, 11) is 0. The third-order valence-electron chi connectivity index (χ3n) is 8.63. The second-order valence-corrected chi connectivity index (χ2v) is 10.9. The van der Waals surface area contributed by atoms with Crippen molar-refractivity contribution in [1.29, 1.82) is 0 Å². The second kappa shape index (κ2) is 7.31. The van der Waals surface area contributed by atoms with Gasteiger partial charge in [-0.25, -0.2) is 0 Å². The molecule has 0 N–H and O–H groups in total. The highest BCUT2D eigenvalue weighted by molar-refractivity contribution is 6.19. The standard InChI is InChI=1S/C37H26/c1-37(2)33-21-25(23-9-4-3-5-10-23)16-19-29(33)30-20-17-26(22-34(30)37)27-18-15-24-11-8-14-31-28-12-6-7-13-32(28)36(27)35(24)31/h3-22H,1-2H3. The summed E-state index contributed by atoms with van der Waals surface area (Å²) in [5, 5.41) is 2.70. The van der Waals surface area contributed by atoms with E-state index in [2.05, 4.69) is 135 Å². The lowest BCUT2D eigenvalue weighted by Gasteiger charge is -2.23. The minimum Gasteiger partial charge on any atom is -0.0622 e. The van der Waals surface area contributed by atoms with E-state index in [-0.39, 0.29) is 5.41 Å². The summed E-state index contributed by atoms with van der Waals surface area (Å²) in [4.78, 5) is 0. The van der Waals surface area contributed by atoms with Crippen LogP contribution < -0.4 is 0 Å². The van der Waals surface area contributed by atoms with Crippen LogP contribution in [0.3, 0.4) is 0 Å². The van der Waals surface area contributed by atoms with Crippen LogP contribution in [0.15, 0.2) is 121 Å². The lowest BCUT2D eigenvalue weighted by Crippen LogP contribution is -2.15. The van der Waals surface area contributed by atoms with Crippen LogP contribution in [-0.2, 0) is 5.41 Å². The molecule has 0 atom stereocenters. The van der Waals surface area contributed by atoms with E-state index in [0.717, 1.165) is 0 Å². The van der Waals surface area contributed by atoms with Crippen molar-refractivity contribution in [3.05, 3.63) is 132 Å². The maximum absolute atomic E-state index is 2.46. The molecule has 0 aromatic heterocycles. The van der Waals surface area contributed by atoms with Crippen molar-refractivity contribution in [2.45, 2.75) is 19.3 Å². The van der Waals surface area contributed by atoms with Crippen molar-refractivity contribution in [1.82, 2.24) is 0 Å². The van der Waals surface area contributed by atoms with Crippen LogP contribution in [0, 0.1) is 0 Å². The average Bonchev–Trinajstić information content (AvgIpc) is 3.40. The Kier molecular flexibility index (Phi) is 4.10.